The van der Waals surface area contributed by atoms with E-state index in [0.29, 0.717) is 13.2 Å². The molecule has 1 aliphatic heterocycles. The Morgan fingerprint density at radius 1 is 1.19 bits per heavy atom. The van der Waals surface area contributed by atoms with E-state index in [1.54, 1.807) is 14.2 Å². The first-order valence-electron chi connectivity index (χ1n) is 9.58. The molecule has 0 saturated carbocycles. The lowest BCUT2D eigenvalue weighted by molar-refractivity contribution is 0.0191. The molecule has 26 heavy (non-hydrogen) atoms. The first kappa shape index (κ1) is 20.5. The average Bonchev–Trinajstić information content (AvgIpc) is 3.20. The van der Waals surface area contributed by atoms with E-state index in [-0.39, 0.29) is 6.10 Å². The summed E-state index contributed by atoms with van der Waals surface area (Å²) in [5.74, 6) is 1.74. The van der Waals surface area contributed by atoms with Crippen molar-refractivity contribution in [2.75, 3.05) is 47.1 Å². The van der Waals surface area contributed by atoms with E-state index in [4.69, 9.17) is 14.2 Å². The molecule has 2 rings (SSSR count). The minimum atomic E-state index is 0.290. The van der Waals surface area contributed by atoms with Crippen LogP contribution in [-0.2, 0) is 15.9 Å². The molecule has 0 bridgehead atoms. The van der Waals surface area contributed by atoms with Gasteiger partial charge in [0.05, 0.1) is 26.4 Å². The zero-order valence-corrected chi connectivity index (χ0v) is 16.1. The van der Waals surface area contributed by atoms with Crippen molar-refractivity contribution in [2.45, 2.75) is 38.2 Å². The number of benzene rings is 1. The zero-order chi connectivity index (χ0) is 18.5. The quantitative estimate of drug-likeness (QED) is 0.359. The molecule has 1 aromatic carbocycles. The summed E-state index contributed by atoms with van der Waals surface area (Å²) in [6.45, 7) is 3.89. The molecule has 1 unspecified atom stereocenters. The third kappa shape index (κ3) is 8.06. The average molecular weight is 364 g/mol. The van der Waals surface area contributed by atoms with Crippen molar-refractivity contribution >= 4 is 5.96 Å². The van der Waals surface area contributed by atoms with Crippen molar-refractivity contribution in [3.8, 4) is 5.75 Å². The van der Waals surface area contributed by atoms with Gasteiger partial charge in [0.15, 0.2) is 5.96 Å². The molecule has 1 atom stereocenters. The van der Waals surface area contributed by atoms with Crippen molar-refractivity contribution in [2.24, 2.45) is 4.99 Å². The summed E-state index contributed by atoms with van der Waals surface area (Å²) >= 11 is 0. The van der Waals surface area contributed by atoms with E-state index in [9.17, 15) is 0 Å². The van der Waals surface area contributed by atoms with Crippen molar-refractivity contribution in [1.82, 2.24) is 10.6 Å². The largest absolute Gasteiger partial charge is 0.497 e. The Labute approximate surface area is 157 Å². The van der Waals surface area contributed by atoms with E-state index in [1.807, 2.05) is 12.1 Å². The summed E-state index contributed by atoms with van der Waals surface area (Å²) in [5, 5.41) is 6.62. The second-order valence-corrected chi connectivity index (χ2v) is 6.44. The van der Waals surface area contributed by atoms with Gasteiger partial charge in [-0.25, -0.2) is 0 Å². The van der Waals surface area contributed by atoms with E-state index >= 15 is 0 Å². The lowest BCUT2D eigenvalue weighted by atomic mass is 10.1. The van der Waals surface area contributed by atoms with Crippen LogP contribution in [0.3, 0.4) is 0 Å². The molecule has 0 aromatic heterocycles. The number of nitrogens with one attached hydrogen (secondary N) is 2. The molecular formula is C20H33N3O3. The van der Waals surface area contributed by atoms with Crippen LogP contribution >= 0.6 is 0 Å². The van der Waals surface area contributed by atoms with E-state index in [1.165, 1.54) is 5.56 Å². The van der Waals surface area contributed by atoms with Gasteiger partial charge in [0, 0.05) is 26.7 Å². The molecule has 1 heterocycles. The van der Waals surface area contributed by atoms with E-state index in [2.05, 4.69) is 27.8 Å². The fourth-order valence-electron chi connectivity index (χ4n) is 2.91. The molecule has 1 saturated heterocycles. The Morgan fingerprint density at radius 2 is 2.00 bits per heavy atom. The van der Waals surface area contributed by atoms with Crippen LogP contribution in [0.15, 0.2) is 29.3 Å². The highest BCUT2D eigenvalue weighted by Crippen LogP contribution is 2.13. The van der Waals surface area contributed by atoms with Crippen LogP contribution in [0.4, 0.5) is 0 Å². The third-order valence-corrected chi connectivity index (χ3v) is 4.43. The Hall–Kier alpha value is -1.79. The van der Waals surface area contributed by atoms with Gasteiger partial charge in [-0.3, -0.25) is 4.99 Å². The number of guanidine groups is 1. The monoisotopic (exact) mass is 363 g/mol. The normalized spacial score (nSPS) is 17.3. The number of aliphatic imine (C=N–C) groups is 1. The number of nitrogens with zero attached hydrogens (tertiary/aromatic N) is 1. The molecular weight excluding hydrogens is 330 g/mol. The van der Waals surface area contributed by atoms with Gasteiger partial charge in [-0.15, -0.1) is 0 Å². The van der Waals surface area contributed by atoms with Crippen molar-refractivity contribution in [1.29, 1.82) is 0 Å². The van der Waals surface area contributed by atoms with Crippen molar-refractivity contribution in [3.63, 3.8) is 0 Å². The summed E-state index contributed by atoms with van der Waals surface area (Å²) in [7, 11) is 3.48. The van der Waals surface area contributed by atoms with Gasteiger partial charge in [-0.05, 0) is 49.8 Å². The maximum Gasteiger partial charge on any atom is 0.191 e. The zero-order valence-electron chi connectivity index (χ0n) is 16.1. The molecule has 6 heteroatoms. The minimum absolute atomic E-state index is 0.290. The number of rotatable bonds is 11. The number of hydrogen-bond donors (Lipinski definition) is 2. The fourth-order valence-corrected chi connectivity index (χ4v) is 2.91. The summed E-state index contributed by atoms with van der Waals surface area (Å²) < 4.78 is 16.4. The van der Waals surface area contributed by atoms with Crippen LogP contribution in [0.25, 0.3) is 0 Å². The van der Waals surface area contributed by atoms with Gasteiger partial charge in [0.25, 0.3) is 0 Å². The van der Waals surface area contributed by atoms with Gasteiger partial charge in [0.1, 0.15) is 5.75 Å². The minimum Gasteiger partial charge on any atom is -0.497 e. The second-order valence-electron chi connectivity index (χ2n) is 6.44. The SMILES string of the molecule is CN=C(NCCCCc1ccc(OC)cc1)NCCOCC1CCCO1. The highest BCUT2D eigenvalue weighted by Gasteiger charge is 2.14. The molecule has 0 amide bonds. The van der Waals surface area contributed by atoms with Gasteiger partial charge >= 0.3 is 0 Å². The van der Waals surface area contributed by atoms with Crippen LogP contribution in [0.5, 0.6) is 5.75 Å². The third-order valence-electron chi connectivity index (χ3n) is 4.43. The standard InChI is InChI=1S/C20H33N3O3/c1-21-20(23-13-15-25-16-19-7-5-14-26-19)22-12-4-3-6-17-8-10-18(24-2)11-9-17/h8-11,19H,3-7,12-16H2,1-2H3,(H2,21,22,23). The van der Waals surface area contributed by atoms with Gasteiger partial charge < -0.3 is 24.8 Å². The van der Waals surface area contributed by atoms with Crippen LogP contribution < -0.4 is 15.4 Å². The van der Waals surface area contributed by atoms with E-state index < -0.39 is 0 Å². The predicted molar refractivity (Wildman–Crippen MR) is 105 cm³/mol. The molecule has 0 aliphatic carbocycles. The first-order chi connectivity index (χ1) is 12.8. The summed E-state index contributed by atoms with van der Waals surface area (Å²) in [5.41, 5.74) is 1.34. The molecule has 1 fully saturated rings. The molecule has 2 N–H and O–H groups in total. The topological polar surface area (TPSA) is 64.1 Å². The molecule has 1 aliphatic rings. The smallest absolute Gasteiger partial charge is 0.191 e. The lowest BCUT2D eigenvalue weighted by Crippen LogP contribution is -2.39. The van der Waals surface area contributed by atoms with Crippen LogP contribution in [-0.4, -0.2) is 59.1 Å². The highest BCUT2D eigenvalue weighted by molar-refractivity contribution is 5.79. The fraction of sp³-hybridized carbons (Fsp3) is 0.650. The van der Waals surface area contributed by atoms with Crippen LogP contribution in [0.1, 0.15) is 31.2 Å². The molecule has 146 valence electrons. The molecule has 0 radical (unpaired) electrons. The highest BCUT2D eigenvalue weighted by atomic mass is 16.5. The number of ether oxygens (including phenoxy) is 3. The van der Waals surface area contributed by atoms with Crippen molar-refractivity contribution in [3.05, 3.63) is 29.8 Å². The molecule has 0 spiro atoms. The Morgan fingerprint density at radius 3 is 2.69 bits per heavy atom. The van der Waals surface area contributed by atoms with Crippen molar-refractivity contribution < 1.29 is 14.2 Å². The Bertz CT molecular complexity index is 514. The maximum absolute atomic E-state index is 5.64. The van der Waals surface area contributed by atoms with E-state index in [0.717, 1.165) is 63.5 Å². The van der Waals surface area contributed by atoms with Gasteiger partial charge in [-0.1, -0.05) is 12.1 Å². The number of methoxy groups -OCH3 is 1. The van der Waals surface area contributed by atoms with Crippen LogP contribution in [0, 0.1) is 0 Å². The first-order valence-corrected chi connectivity index (χ1v) is 9.58. The number of hydrogen-bond acceptors (Lipinski definition) is 4. The second kappa shape index (κ2) is 12.5. The molecule has 1 aromatic rings. The summed E-state index contributed by atoms with van der Waals surface area (Å²) in [6, 6.07) is 8.28. The Balaban J connectivity index is 1.47. The number of aryl methyl sites for hydroxylation is 1. The number of unbranched alkanes of at least 4 members (excludes halogenated alkanes) is 1. The lowest BCUT2D eigenvalue weighted by Gasteiger charge is -2.13. The maximum atomic E-state index is 5.64. The Kier molecular flexibility index (Phi) is 9.90. The molecule has 6 nitrogen and oxygen atoms in total. The summed E-state index contributed by atoms with van der Waals surface area (Å²) in [6.07, 6.45) is 5.88. The predicted octanol–water partition coefficient (Wildman–Crippen LogP) is 2.38. The van der Waals surface area contributed by atoms with Gasteiger partial charge in [0.2, 0.25) is 0 Å². The van der Waals surface area contributed by atoms with Crippen LogP contribution in [0.2, 0.25) is 0 Å². The van der Waals surface area contributed by atoms with Gasteiger partial charge in [-0.2, -0.15) is 0 Å². The summed E-state index contributed by atoms with van der Waals surface area (Å²) in [4.78, 5) is 4.24.